The lowest BCUT2D eigenvalue weighted by Gasteiger charge is -2.09. The number of nitrogens with one attached hydrogen (secondary N) is 2. The Balaban J connectivity index is 2.58. The van der Waals surface area contributed by atoms with Gasteiger partial charge in [0.1, 0.15) is 5.75 Å². The second-order valence-corrected chi connectivity index (χ2v) is 3.03. The topological polar surface area (TPSA) is 62.7 Å². The highest BCUT2D eigenvalue weighted by atomic mass is 19.4. The average molecular weight is 261 g/mol. The summed E-state index contributed by atoms with van der Waals surface area (Å²) >= 11 is 0. The van der Waals surface area contributed by atoms with E-state index >= 15 is 0 Å². The van der Waals surface area contributed by atoms with Crippen LogP contribution in [0.1, 0.15) is 6.92 Å². The van der Waals surface area contributed by atoms with Crippen molar-refractivity contribution in [1.82, 2.24) is 5.43 Å². The van der Waals surface area contributed by atoms with Gasteiger partial charge in [-0.05, 0) is 31.2 Å². The lowest BCUT2D eigenvalue weighted by Crippen LogP contribution is -2.24. The van der Waals surface area contributed by atoms with Crippen LogP contribution in [0.4, 0.5) is 23.7 Å². The second-order valence-electron chi connectivity index (χ2n) is 3.03. The normalized spacial score (nSPS) is 11.3. The van der Waals surface area contributed by atoms with Crippen molar-refractivity contribution in [2.75, 3.05) is 5.32 Å². The number of ether oxygens (including phenoxy) is 1. The molecule has 0 heterocycles. The molecule has 0 saturated carbocycles. The number of rotatable bonds is 3. The minimum absolute atomic E-state index is 0.313. The van der Waals surface area contributed by atoms with Crippen LogP contribution >= 0.6 is 0 Å². The van der Waals surface area contributed by atoms with E-state index in [9.17, 15) is 18.0 Å². The van der Waals surface area contributed by atoms with Crippen LogP contribution in [0.15, 0.2) is 29.4 Å². The van der Waals surface area contributed by atoms with Crippen molar-refractivity contribution >= 4 is 17.9 Å². The van der Waals surface area contributed by atoms with E-state index < -0.39 is 12.4 Å². The van der Waals surface area contributed by atoms with Gasteiger partial charge in [0.15, 0.2) is 0 Å². The number of nitrogens with zero attached hydrogens (tertiary/aromatic N) is 1. The molecule has 1 rings (SSSR count). The van der Waals surface area contributed by atoms with Crippen LogP contribution in [-0.2, 0) is 0 Å². The van der Waals surface area contributed by atoms with Gasteiger partial charge in [-0.3, -0.25) is 0 Å². The summed E-state index contributed by atoms with van der Waals surface area (Å²) in [6.07, 6.45) is -3.36. The van der Waals surface area contributed by atoms with Crippen molar-refractivity contribution in [3.8, 4) is 5.75 Å². The monoisotopic (exact) mass is 261 g/mol. The van der Waals surface area contributed by atoms with Crippen molar-refractivity contribution in [2.45, 2.75) is 13.3 Å². The number of halogens is 3. The molecule has 0 atom stereocenters. The van der Waals surface area contributed by atoms with Gasteiger partial charge in [0.05, 0.1) is 0 Å². The first-order valence-electron chi connectivity index (χ1n) is 4.81. The molecule has 0 fully saturated rings. The summed E-state index contributed by atoms with van der Waals surface area (Å²) in [7, 11) is 0. The Labute approximate surface area is 101 Å². The van der Waals surface area contributed by atoms with Gasteiger partial charge in [-0.1, -0.05) is 0 Å². The van der Waals surface area contributed by atoms with Crippen LogP contribution in [0, 0.1) is 0 Å². The maximum Gasteiger partial charge on any atom is 0.573 e. The van der Waals surface area contributed by atoms with E-state index in [2.05, 4.69) is 20.6 Å². The first kappa shape index (κ1) is 13.8. The van der Waals surface area contributed by atoms with E-state index in [4.69, 9.17) is 0 Å². The molecule has 0 bridgehead atoms. The number of carbonyl (C=O) groups excluding carboxylic acids is 1. The van der Waals surface area contributed by atoms with Crippen LogP contribution in [0.25, 0.3) is 0 Å². The zero-order valence-electron chi connectivity index (χ0n) is 9.28. The van der Waals surface area contributed by atoms with Gasteiger partial charge >= 0.3 is 12.4 Å². The maximum absolute atomic E-state index is 11.9. The summed E-state index contributed by atoms with van der Waals surface area (Å²) in [5.74, 6) is -0.361. The number of carbonyl (C=O) groups is 1. The summed E-state index contributed by atoms with van der Waals surface area (Å²) in [6.45, 7) is 1.61. The highest BCUT2D eigenvalue weighted by Crippen LogP contribution is 2.23. The highest BCUT2D eigenvalue weighted by Gasteiger charge is 2.30. The summed E-state index contributed by atoms with van der Waals surface area (Å²) in [5.41, 5.74) is 2.46. The molecule has 2 N–H and O–H groups in total. The Bertz CT molecular complexity index is 429. The lowest BCUT2D eigenvalue weighted by atomic mass is 10.3. The molecule has 0 saturated heterocycles. The molecular formula is C10H10F3N3O2. The highest BCUT2D eigenvalue weighted by molar-refractivity contribution is 5.89. The smallest absolute Gasteiger partial charge is 0.406 e. The predicted octanol–water partition coefficient (Wildman–Crippen LogP) is 2.71. The van der Waals surface area contributed by atoms with Gasteiger partial charge in [-0.15, -0.1) is 13.2 Å². The van der Waals surface area contributed by atoms with Crippen LogP contribution in [0.5, 0.6) is 5.75 Å². The van der Waals surface area contributed by atoms with Crippen LogP contribution in [-0.4, -0.2) is 18.6 Å². The molecule has 0 radical (unpaired) electrons. The van der Waals surface area contributed by atoms with Crippen molar-refractivity contribution in [3.05, 3.63) is 24.3 Å². The standard InChI is InChI=1S/C10H10F3N3O2/c1-2-14-16-9(17)15-7-3-5-8(6-4-7)18-10(11,12)13/h2-6H,1H3,(H2,15,16,17). The van der Waals surface area contributed by atoms with Gasteiger partial charge < -0.3 is 10.1 Å². The first-order valence-corrected chi connectivity index (χ1v) is 4.81. The number of hydrazone groups is 1. The molecule has 0 aliphatic rings. The van der Waals surface area contributed by atoms with E-state index in [0.717, 1.165) is 12.1 Å². The molecule has 0 aliphatic heterocycles. The van der Waals surface area contributed by atoms with Crippen LogP contribution in [0.2, 0.25) is 0 Å². The first-order chi connectivity index (χ1) is 8.40. The third kappa shape index (κ3) is 5.19. The molecule has 5 nitrogen and oxygen atoms in total. The fourth-order valence-electron chi connectivity index (χ4n) is 1.02. The van der Waals surface area contributed by atoms with Crippen molar-refractivity contribution in [1.29, 1.82) is 0 Å². The van der Waals surface area contributed by atoms with E-state index in [0.29, 0.717) is 5.69 Å². The Kier molecular flexibility index (Phi) is 4.52. The Morgan fingerprint density at radius 3 is 2.44 bits per heavy atom. The van der Waals surface area contributed by atoms with E-state index in [1.807, 2.05) is 0 Å². The molecule has 0 spiro atoms. The Hall–Kier alpha value is -2.25. The molecule has 2 amide bonds. The summed E-state index contributed by atoms with van der Waals surface area (Å²) in [5, 5.41) is 5.84. The SMILES string of the molecule is CC=NNC(=O)Nc1ccc(OC(F)(F)F)cc1. The van der Waals surface area contributed by atoms with Crippen molar-refractivity contribution in [2.24, 2.45) is 5.10 Å². The van der Waals surface area contributed by atoms with E-state index in [1.165, 1.54) is 18.3 Å². The molecule has 1 aromatic carbocycles. The zero-order valence-corrected chi connectivity index (χ0v) is 9.28. The number of amides is 2. The van der Waals surface area contributed by atoms with E-state index in [1.54, 1.807) is 6.92 Å². The van der Waals surface area contributed by atoms with Gasteiger partial charge in [0.2, 0.25) is 0 Å². The second kappa shape index (κ2) is 5.89. The molecule has 8 heteroatoms. The van der Waals surface area contributed by atoms with Gasteiger partial charge in [-0.25, -0.2) is 10.2 Å². The Morgan fingerprint density at radius 2 is 1.94 bits per heavy atom. The Morgan fingerprint density at radius 1 is 1.33 bits per heavy atom. The molecule has 0 unspecified atom stereocenters. The van der Waals surface area contributed by atoms with Gasteiger partial charge in [0, 0.05) is 11.9 Å². The van der Waals surface area contributed by atoms with Crippen LogP contribution < -0.4 is 15.5 Å². The number of alkyl halides is 3. The molecule has 0 aromatic heterocycles. The third-order valence-corrected chi connectivity index (χ3v) is 1.64. The fourth-order valence-corrected chi connectivity index (χ4v) is 1.02. The fraction of sp³-hybridized carbons (Fsp3) is 0.200. The summed E-state index contributed by atoms with van der Waals surface area (Å²) in [4.78, 5) is 11.1. The number of benzene rings is 1. The van der Waals surface area contributed by atoms with Gasteiger partial charge in [0.25, 0.3) is 0 Å². The number of hydrogen-bond acceptors (Lipinski definition) is 3. The van der Waals surface area contributed by atoms with Crippen molar-refractivity contribution in [3.63, 3.8) is 0 Å². The van der Waals surface area contributed by atoms with Crippen molar-refractivity contribution < 1.29 is 22.7 Å². The zero-order chi connectivity index (χ0) is 13.6. The maximum atomic E-state index is 11.9. The molecule has 98 valence electrons. The van der Waals surface area contributed by atoms with Gasteiger partial charge in [-0.2, -0.15) is 5.10 Å². The molecule has 0 aliphatic carbocycles. The molecule has 18 heavy (non-hydrogen) atoms. The molecular weight excluding hydrogens is 251 g/mol. The predicted molar refractivity (Wildman–Crippen MR) is 59.4 cm³/mol. The van der Waals surface area contributed by atoms with Crippen LogP contribution in [0.3, 0.4) is 0 Å². The quantitative estimate of drug-likeness (QED) is 0.649. The number of urea groups is 1. The lowest BCUT2D eigenvalue weighted by molar-refractivity contribution is -0.274. The van der Waals surface area contributed by atoms with E-state index in [-0.39, 0.29) is 5.75 Å². The third-order valence-electron chi connectivity index (χ3n) is 1.64. The summed E-state index contributed by atoms with van der Waals surface area (Å²) in [6, 6.07) is 4.13. The number of anilines is 1. The largest absolute Gasteiger partial charge is 0.573 e. The average Bonchev–Trinajstić information content (AvgIpc) is 2.27. The summed E-state index contributed by atoms with van der Waals surface area (Å²) < 4.78 is 39.3. The minimum atomic E-state index is -4.73. The molecule has 1 aromatic rings. The minimum Gasteiger partial charge on any atom is -0.406 e. The number of hydrogen-bond donors (Lipinski definition) is 2.